The van der Waals surface area contributed by atoms with Crippen molar-refractivity contribution in [2.75, 3.05) is 5.73 Å². The first-order chi connectivity index (χ1) is 9.77. The maximum atomic E-state index is 12.1. The Morgan fingerprint density at radius 3 is 2.19 bits per heavy atom. The number of rotatable bonds is 2. The van der Waals surface area contributed by atoms with Crippen molar-refractivity contribution >= 4 is 11.7 Å². The van der Waals surface area contributed by atoms with E-state index in [9.17, 15) is 9.90 Å². The molecule has 0 bridgehead atoms. The average molecular weight is 289 g/mol. The van der Waals surface area contributed by atoms with Crippen LogP contribution in [0.25, 0.3) is 0 Å². The molecule has 3 N–H and O–H groups in total. The molecule has 21 heavy (non-hydrogen) atoms. The van der Waals surface area contributed by atoms with E-state index >= 15 is 0 Å². The lowest BCUT2D eigenvalue weighted by Gasteiger charge is -2.31. The molecule has 0 unspecified atom stereocenters. The fourth-order valence-corrected chi connectivity index (χ4v) is 3.37. The summed E-state index contributed by atoms with van der Waals surface area (Å²) in [6.45, 7) is 6.43. The lowest BCUT2D eigenvalue weighted by Crippen LogP contribution is -2.36. The molecule has 0 spiro atoms. The molecule has 0 aliphatic heterocycles. The first-order valence-electron chi connectivity index (χ1n) is 7.91. The van der Waals surface area contributed by atoms with Gasteiger partial charge in [0.25, 0.3) is 0 Å². The summed E-state index contributed by atoms with van der Waals surface area (Å²) in [4.78, 5) is 12.1. The maximum absolute atomic E-state index is 12.1. The summed E-state index contributed by atoms with van der Waals surface area (Å²) in [6, 6.07) is 5.94. The molecule has 3 heteroatoms. The van der Waals surface area contributed by atoms with E-state index < -0.39 is 11.4 Å². The average Bonchev–Trinajstić information content (AvgIpc) is 2.64. The third kappa shape index (κ3) is 3.07. The van der Waals surface area contributed by atoms with E-state index in [0.29, 0.717) is 18.5 Å². The summed E-state index contributed by atoms with van der Waals surface area (Å²) in [5, 5.41) is 9.93. The van der Waals surface area contributed by atoms with Crippen LogP contribution in [0, 0.1) is 0 Å². The predicted octanol–water partition coefficient (Wildman–Crippen LogP) is 4.24. The molecule has 1 fully saturated rings. The first-order valence-corrected chi connectivity index (χ1v) is 7.91. The number of anilines is 1. The second-order valence-electron chi connectivity index (χ2n) is 7.35. The van der Waals surface area contributed by atoms with Gasteiger partial charge in [0.05, 0.1) is 5.41 Å². The van der Waals surface area contributed by atoms with Crippen molar-refractivity contribution in [2.45, 2.75) is 70.1 Å². The molecule has 116 valence electrons. The number of aliphatic carboxylic acids is 1. The molecule has 0 aromatic heterocycles. The molecule has 1 saturated carbocycles. The predicted molar refractivity (Wildman–Crippen MR) is 86.6 cm³/mol. The largest absolute Gasteiger partial charge is 0.481 e. The van der Waals surface area contributed by atoms with E-state index in [1.807, 2.05) is 18.2 Å². The van der Waals surface area contributed by atoms with Gasteiger partial charge in [-0.1, -0.05) is 58.6 Å². The highest BCUT2D eigenvalue weighted by molar-refractivity contribution is 5.84. The normalized spacial score (nSPS) is 19.0. The van der Waals surface area contributed by atoms with Crippen LogP contribution >= 0.6 is 0 Å². The van der Waals surface area contributed by atoms with Crippen LogP contribution in [-0.4, -0.2) is 11.1 Å². The fraction of sp³-hybridized carbons (Fsp3) is 0.611. The number of hydrogen-bond acceptors (Lipinski definition) is 2. The van der Waals surface area contributed by atoms with Gasteiger partial charge in [0.1, 0.15) is 0 Å². The second kappa shape index (κ2) is 5.70. The van der Waals surface area contributed by atoms with Gasteiger partial charge in [-0.05, 0) is 35.4 Å². The van der Waals surface area contributed by atoms with Crippen molar-refractivity contribution in [3.05, 3.63) is 29.3 Å². The molecule has 0 heterocycles. The number of nitrogens with two attached hydrogens (primary N) is 1. The van der Waals surface area contributed by atoms with Crippen LogP contribution in [0.15, 0.2) is 18.2 Å². The lowest BCUT2D eigenvalue weighted by atomic mass is 9.72. The minimum absolute atomic E-state index is 0.00707. The van der Waals surface area contributed by atoms with Crippen LogP contribution in [0.3, 0.4) is 0 Å². The smallest absolute Gasteiger partial charge is 0.314 e. The Morgan fingerprint density at radius 2 is 1.71 bits per heavy atom. The summed E-state index contributed by atoms with van der Waals surface area (Å²) in [6.07, 6.45) is 5.55. The van der Waals surface area contributed by atoms with Crippen LogP contribution < -0.4 is 5.73 Å². The van der Waals surface area contributed by atoms with Crippen molar-refractivity contribution in [3.63, 3.8) is 0 Å². The number of hydrogen-bond donors (Lipinski definition) is 2. The number of carboxylic acid groups (broad SMARTS) is 1. The van der Waals surface area contributed by atoms with E-state index in [4.69, 9.17) is 5.73 Å². The van der Waals surface area contributed by atoms with Crippen molar-refractivity contribution in [3.8, 4) is 0 Å². The van der Waals surface area contributed by atoms with E-state index in [2.05, 4.69) is 20.8 Å². The van der Waals surface area contributed by atoms with Gasteiger partial charge in [-0.2, -0.15) is 0 Å². The van der Waals surface area contributed by atoms with Gasteiger partial charge in [0, 0.05) is 5.69 Å². The van der Waals surface area contributed by atoms with Gasteiger partial charge < -0.3 is 10.8 Å². The van der Waals surface area contributed by atoms with Crippen molar-refractivity contribution < 1.29 is 9.90 Å². The molecule has 1 aromatic rings. The van der Waals surface area contributed by atoms with E-state index in [-0.39, 0.29) is 5.41 Å². The zero-order chi connectivity index (χ0) is 15.7. The number of carbonyl (C=O) groups is 1. The summed E-state index contributed by atoms with van der Waals surface area (Å²) in [7, 11) is 0. The zero-order valence-corrected chi connectivity index (χ0v) is 13.4. The summed E-state index contributed by atoms with van der Waals surface area (Å²) in [5.41, 5.74) is 7.95. The molecular weight excluding hydrogens is 262 g/mol. The zero-order valence-electron chi connectivity index (χ0n) is 13.4. The Kier molecular flexibility index (Phi) is 4.31. The third-order valence-corrected chi connectivity index (χ3v) is 4.80. The molecule has 2 rings (SSSR count). The fourth-order valence-electron chi connectivity index (χ4n) is 3.37. The van der Waals surface area contributed by atoms with Gasteiger partial charge in [-0.15, -0.1) is 0 Å². The lowest BCUT2D eigenvalue weighted by molar-refractivity contribution is -0.144. The molecule has 1 aliphatic rings. The molecule has 3 nitrogen and oxygen atoms in total. The summed E-state index contributed by atoms with van der Waals surface area (Å²) in [5.74, 6) is -0.720. The van der Waals surface area contributed by atoms with Gasteiger partial charge in [-0.3, -0.25) is 4.79 Å². The maximum Gasteiger partial charge on any atom is 0.314 e. The van der Waals surface area contributed by atoms with Crippen molar-refractivity contribution in [1.82, 2.24) is 0 Å². The minimum Gasteiger partial charge on any atom is -0.481 e. The second-order valence-corrected chi connectivity index (χ2v) is 7.35. The Balaban J connectivity index is 2.57. The number of nitrogen functional groups attached to an aromatic ring is 1. The van der Waals surface area contributed by atoms with Crippen molar-refractivity contribution in [2.24, 2.45) is 0 Å². The summed E-state index contributed by atoms with van der Waals surface area (Å²) < 4.78 is 0. The topological polar surface area (TPSA) is 63.3 Å². The highest BCUT2D eigenvalue weighted by atomic mass is 16.4. The molecule has 1 aromatic carbocycles. The Morgan fingerprint density at radius 1 is 1.14 bits per heavy atom. The molecule has 1 aliphatic carbocycles. The SMILES string of the molecule is CC(C)(C)c1ccc(N)c(C2(C(=O)O)CCCCCC2)c1. The van der Waals surface area contributed by atoms with Crippen LogP contribution in [0.1, 0.15) is 70.4 Å². The Bertz CT molecular complexity index is 521. The van der Waals surface area contributed by atoms with E-state index in [1.54, 1.807) is 0 Å². The molecule has 0 saturated heterocycles. The monoisotopic (exact) mass is 289 g/mol. The van der Waals surface area contributed by atoms with Crippen LogP contribution in [-0.2, 0) is 15.6 Å². The van der Waals surface area contributed by atoms with Crippen molar-refractivity contribution in [1.29, 1.82) is 0 Å². The van der Waals surface area contributed by atoms with Gasteiger partial charge in [0.2, 0.25) is 0 Å². The molecule has 0 radical (unpaired) electrons. The van der Waals surface area contributed by atoms with E-state index in [1.165, 1.54) is 0 Å². The standard InChI is InChI=1S/C18H27NO2/c1-17(2,3)13-8-9-15(19)14(12-13)18(16(20)21)10-6-4-5-7-11-18/h8-9,12H,4-7,10-11,19H2,1-3H3,(H,20,21). The quantitative estimate of drug-likeness (QED) is 0.632. The van der Waals surface area contributed by atoms with Gasteiger partial charge >= 0.3 is 5.97 Å². The van der Waals surface area contributed by atoms with Crippen LogP contribution in [0.4, 0.5) is 5.69 Å². The third-order valence-electron chi connectivity index (χ3n) is 4.80. The molecular formula is C18H27NO2. The van der Waals surface area contributed by atoms with E-state index in [0.717, 1.165) is 36.8 Å². The van der Waals surface area contributed by atoms with Gasteiger partial charge in [-0.25, -0.2) is 0 Å². The number of benzene rings is 1. The Hall–Kier alpha value is -1.51. The summed E-state index contributed by atoms with van der Waals surface area (Å²) >= 11 is 0. The van der Waals surface area contributed by atoms with Crippen LogP contribution in [0.2, 0.25) is 0 Å². The Labute approximate surface area is 127 Å². The van der Waals surface area contributed by atoms with Gasteiger partial charge in [0.15, 0.2) is 0 Å². The minimum atomic E-state index is -0.804. The number of carboxylic acids is 1. The van der Waals surface area contributed by atoms with Crippen LogP contribution in [0.5, 0.6) is 0 Å². The molecule has 0 amide bonds. The first kappa shape index (κ1) is 15.9. The highest BCUT2D eigenvalue weighted by Gasteiger charge is 2.42. The molecule has 0 atom stereocenters. The highest BCUT2D eigenvalue weighted by Crippen LogP contribution is 2.42.